The quantitative estimate of drug-likeness (QED) is 0.444. The average Bonchev–Trinajstić information content (AvgIpc) is 2.34. The number of hydrogen-bond acceptors (Lipinski definition) is 2. The van der Waals surface area contributed by atoms with Crippen molar-refractivity contribution in [2.45, 2.75) is 32.4 Å². The third-order valence-corrected chi connectivity index (χ3v) is 2.46. The maximum atomic E-state index is 13.3. The summed E-state index contributed by atoms with van der Waals surface area (Å²) in [7, 11) is 0. The summed E-state index contributed by atoms with van der Waals surface area (Å²) in [4.78, 5) is 11.0. The molecule has 1 aromatic carbocycles. The van der Waals surface area contributed by atoms with Crippen LogP contribution in [0.4, 0.5) is 17.6 Å². The Hall–Kier alpha value is -1.59. The van der Waals surface area contributed by atoms with E-state index in [1.54, 1.807) is 0 Å². The molecule has 0 amide bonds. The number of Topliss-reactive ketones (excluding diaryl/α,β-unsaturated/α-hetero) is 1. The number of carbonyl (C=O) groups excluding carboxylic acids is 1. The highest BCUT2D eigenvalue weighted by atomic mass is 19.4. The van der Waals surface area contributed by atoms with E-state index in [0.29, 0.717) is 6.42 Å². The smallest absolute Gasteiger partial charge is 0.454 e. The fourth-order valence-corrected chi connectivity index (χ4v) is 1.45. The zero-order chi connectivity index (χ0) is 14.5. The van der Waals surface area contributed by atoms with Crippen LogP contribution in [0.15, 0.2) is 18.2 Å². The van der Waals surface area contributed by atoms with Crippen LogP contribution in [-0.2, 0) is 0 Å². The van der Waals surface area contributed by atoms with E-state index in [2.05, 4.69) is 0 Å². The molecule has 0 fully saturated rings. The van der Waals surface area contributed by atoms with Crippen LogP contribution in [0.5, 0.6) is 5.75 Å². The highest BCUT2D eigenvalue weighted by Gasteiger charge is 2.39. The lowest BCUT2D eigenvalue weighted by molar-refractivity contribution is -0.0885. The average molecular weight is 278 g/mol. The Kier molecular flexibility index (Phi) is 5.32. The zero-order valence-electron chi connectivity index (χ0n) is 10.4. The van der Waals surface area contributed by atoms with Gasteiger partial charge in [-0.15, -0.1) is 0 Å². The van der Waals surface area contributed by atoms with Crippen molar-refractivity contribution in [3.8, 4) is 5.75 Å². The Balaban J connectivity index is 2.80. The maximum Gasteiger partial charge on any atom is 0.454 e. The Morgan fingerprint density at radius 1 is 1.26 bits per heavy atom. The number of rotatable bonds is 6. The van der Waals surface area contributed by atoms with Crippen molar-refractivity contribution in [3.63, 3.8) is 0 Å². The van der Waals surface area contributed by atoms with Crippen LogP contribution >= 0.6 is 0 Å². The normalized spacial score (nSPS) is 11.4. The number of alkyl halides is 3. The van der Waals surface area contributed by atoms with Gasteiger partial charge >= 0.3 is 6.18 Å². The molecule has 6 heteroatoms. The summed E-state index contributed by atoms with van der Waals surface area (Å²) in [5.41, 5.74) is -0.626. The number of benzene rings is 1. The van der Waals surface area contributed by atoms with Crippen LogP contribution in [0.25, 0.3) is 0 Å². The molecule has 1 aromatic rings. The second-order valence-corrected chi connectivity index (χ2v) is 4.03. The number of hydrogen-bond donors (Lipinski definition) is 0. The van der Waals surface area contributed by atoms with Gasteiger partial charge in [0.05, 0.1) is 6.61 Å². The Bertz CT molecular complexity index is 441. The summed E-state index contributed by atoms with van der Waals surface area (Å²) < 4.78 is 55.1. The fraction of sp³-hybridized carbons (Fsp3) is 0.462. The molecule has 0 aliphatic heterocycles. The van der Waals surface area contributed by atoms with Crippen LogP contribution in [0, 0.1) is 5.82 Å². The van der Waals surface area contributed by atoms with E-state index in [4.69, 9.17) is 4.74 Å². The number of ether oxygens (including phenoxy) is 1. The zero-order valence-corrected chi connectivity index (χ0v) is 10.4. The molecular weight excluding hydrogens is 264 g/mol. The summed E-state index contributed by atoms with van der Waals surface area (Å²) in [6.45, 7) is 2.18. The van der Waals surface area contributed by atoms with Gasteiger partial charge in [0.2, 0.25) is 0 Å². The molecule has 2 nitrogen and oxygen atoms in total. The molecule has 0 atom stereocenters. The number of halogens is 4. The summed E-state index contributed by atoms with van der Waals surface area (Å²) in [5, 5.41) is 0. The molecule has 1 rings (SSSR count). The van der Waals surface area contributed by atoms with E-state index in [1.807, 2.05) is 6.92 Å². The molecule has 0 aliphatic rings. The summed E-state index contributed by atoms with van der Waals surface area (Å²) in [6.07, 6.45) is -2.48. The van der Waals surface area contributed by atoms with Crippen molar-refractivity contribution in [1.29, 1.82) is 0 Å². The molecule has 0 radical (unpaired) electrons. The first-order chi connectivity index (χ1) is 8.86. The highest BCUT2D eigenvalue weighted by molar-refractivity contribution is 6.00. The highest BCUT2D eigenvalue weighted by Crippen LogP contribution is 2.25. The minimum absolute atomic E-state index is 0.203. The van der Waals surface area contributed by atoms with E-state index in [9.17, 15) is 22.4 Å². The van der Waals surface area contributed by atoms with Gasteiger partial charge in [-0.1, -0.05) is 19.8 Å². The maximum absolute atomic E-state index is 13.3. The molecule has 0 unspecified atom stereocenters. The van der Waals surface area contributed by atoms with Crippen LogP contribution in [0.3, 0.4) is 0 Å². The topological polar surface area (TPSA) is 26.3 Å². The predicted octanol–water partition coefficient (Wildman–Crippen LogP) is 4.14. The summed E-state index contributed by atoms with van der Waals surface area (Å²) in [5.74, 6) is -3.12. The van der Waals surface area contributed by atoms with Gasteiger partial charge in [0, 0.05) is 5.56 Å². The lowest BCUT2D eigenvalue weighted by Crippen LogP contribution is -2.22. The third-order valence-electron chi connectivity index (χ3n) is 2.46. The van der Waals surface area contributed by atoms with E-state index in [-0.39, 0.29) is 12.4 Å². The second-order valence-electron chi connectivity index (χ2n) is 4.03. The Morgan fingerprint density at radius 2 is 1.95 bits per heavy atom. The Morgan fingerprint density at radius 3 is 2.53 bits per heavy atom. The first kappa shape index (κ1) is 15.5. The number of ketones is 1. The van der Waals surface area contributed by atoms with Crippen molar-refractivity contribution in [3.05, 3.63) is 29.6 Å². The molecule has 0 saturated carbocycles. The second kappa shape index (κ2) is 6.54. The number of carbonyl (C=O) groups is 1. The fourth-order valence-electron chi connectivity index (χ4n) is 1.45. The van der Waals surface area contributed by atoms with Gasteiger partial charge < -0.3 is 4.74 Å². The molecule has 0 saturated heterocycles. The number of unbranched alkanes of at least 4 members (excludes halogenated alkanes) is 2. The van der Waals surface area contributed by atoms with Crippen molar-refractivity contribution in [2.24, 2.45) is 0 Å². The molecule has 0 N–H and O–H groups in total. The molecular formula is C13H14F4O2. The largest absolute Gasteiger partial charge is 0.490 e. The first-order valence-electron chi connectivity index (χ1n) is 5.90. The van der Waals surface area contributed by atoms with Gasteiger partial charge in [0.15, 0.2) is 11.6 Å². The first-order valence-corrected chi connectivity index (χ1v) is 5.90. The minimum Gasteiger partial charge on any atom is -0.490 e. The van der Waals surface area contributed by atoms with Crippen LogP contribution in [0.1, 0.15) is 36.5 Å². The summed E-state index contributed by atoms with van der Waals surface area (Å²) >= 11 is 0. The molecule has 19 heavy (non-hydrogen) atoms. The van der Waals surface area contributed by atoms with Gasteiger partial charge in [0.1, 0.15) is 0 Å². The van der Waals surface area contributed by atoms with Crippen molar-refractivity contribution in [1.82, 2.24) is 0 Å². The van der Waals surface area contributed by atoms with Gasteiger partial charge in [-0.25, -0.2) is 4.39 Å². The van der Waals surface area contributed by atoms with E-state index in [0.717, 1.165) is 31.0 Å². The molecule has 106 valence electrons. The van der Waals surface area contributed by atoms with Crippen molar-refractivity contribution >= 4 is 5.78 Å². The van der Waals surface area contributed by atoms with Crippen LogP contribution < -0.4 is 4.74 Å². The third kappa shape index (κ3) is 4.54. The lowest BCUT2D eigenvalue weighted by Gasteiger charge is -2.09. The lowest BCUT2D eigenvalue weighted by atomic mass is 10.1. The monoisotopic (exact) mass is 278 g/mol. The molecule has 0 bridgehead atoms. The standard InChI is InChI=1S/C13H14F4O2/c1-2-3-4-7-19-11-8-9(5-6-10(11)14)12(18)13(15,16)17/h5-6,8H,2-4,7H2,1H3. The van der Waals surface area contributed by atoms with E-state index >= 15 is 0 Å². The molecule has 0 spiro atoms. The van der Waals surface area contributed by atoms with Crippen LogP contribution in [-0.4, -0.2) is 18.6 Å². The minimum atomic E-state index is -4.97. The SMILES string of the molecule is CCCCCOc1cc(C(=O)C(F)(F)F)ccc1F. The van der Waals surface area contributed by atoms with Crippen LogP contribution in [0.2, 0.25) is 0 Å². The van der Waals surface area contributed by atoms with Gasteiger partial charge in [-0.2, -0.15) is 13.2 Å². The Labute approximate surface area is 108 Å². The van der Waals surface area contributed by atoms with E-state index in [1.165, 1.54) is 0 Å². The van der Waals surface area contributed by atoms with Crippen molar-refractivity contribution in [2.75, 3.05) is 6.61 Å². The molecule has 0 aliphatic carbocycles. The molecule has 0 heterocycles. The van der Waals surface area contributed by atoms with Crippen molar-refractivity contribution < 1.29 is 27.1 Å². The van der Waals surface area contributed by atoms with Gasteiger partial charge in [0.25, 0.3) is 5.78 Å². The molecule has 0 aromatic heterocycles. The van der Waals surface area contributed by atoms with E-state index < -0.39 is 23.3 Å². The predicted molar refractivity (Wildman–Crippen MR) is 61.8 cm³/mol. The van der Waals surface area contributed by atoms with Gasteiger partial charge in [-0.05, 0) is 24.6 Å². The summed E-state index contributed by atoms with van der Waals surface area (Å²) in [6, 6.07) is 2.38. The van der Waals surface area contributed by atoms with Gasteiger partial charge in [-0.3, -0.25) is 4.79 Å².